The Morgan fingerprint density at radius 1 is 1.44 bits per heavy atom. The zero-order chi connectivity index (χ0) is 12.3. The lowest BCUT2D eigenvalue weighted by atomic mass is 9.92. The van der Waals surface area contributed by atoms with Crippen LogP contribution < -0.4 is 0 Å². The molecule has 90 valence electrons. The highest BCUT2D eigenvalue weighted by molar-refractivity contribution is 6.09. The lowest BCUT2D eigenvalue weighted by Crippen LogP contribution is -2.58. The van der Waals surface area contributed by atoms with E-state index in [1.807, 2.05) is 0 Å². The second-order valence-corrected chi connectivity index (χ2v) is 3.67. The van der Waals surface area contributed by atoms with E-state index >= 15 is 0 Å². The van der Waals surface area contributed by atoms with Gasteiger partial charge < -0.3 is 9.84 Å². The van der Waals surface area contributed by atoms with Crippen molar-refractivity contribution in [1.82, 2.24) is 4.90 Å². The van der Waals surface area contributed by atoms with Crippen molar-refractivity contribution in [2.24, 2.45) is 0 Å². The number of ether oxygens (including phenoxy) is 1. The molecule has 6 nitrogen and oxygen atoms in total. The highest BCUT2D eigenvalue weighted by atomic mass is 16.5. The molecule has 0 aromatic rings. The van der Waals surface area contributed by atoms with E-state index in [0.717, 1.165) is 4.90 Å². The monoisotopic (exact) mass is 229 g/mol. The summed E-state index contributed by atoms with van der Waals surface area (Å²) in [5.74, 6) is -1.24. The standard InChI is InChI=1S/C10H15NO5/c1-3-16-8(13)10(7(2)12)5-4-6-11(10)9(14)15/h3-6H2,1-2H3,(H,14,15). The van der Waals surface area contributed by atoms with Crippen LogP contribution in [0.5, 0.6) is 0 Å². The first-order valence-corrected chi connectivity index (χ1v) is 5.15. The molecular formula is C10H15NO5. The second-order valence-electron chi connectivity index (χ2n) is 3.67. The molecule has 0 saturated carbocycles. The average molecular weight is 229 g/mol. The summed E-state index contributed by atoms with van der Waals surface area (Å²) >= 11 is 0. The van der Waals surface area contributed by atoms with Crippen molar-refractivity contribution in [2.45, 2.75) is 32.2 Å². The number of nitrogens with zero attached hydrogens (tertiary/aromatic N) is 1. The van der Waals surface area contributed by atoms with Gasteiger partial charge in [-0.1, -0.05) is 0 Å². The van der Waals surface area contributed by atoms with Gasteiger partial charge in [-0.15, -0.1) is 0 Å². The third kappa shape index (κ3) is 1.75. The second kappa shape index (κ2) is 4.51. The number of amides is 1. The number of ketones is 1. The Labute approximate surface area is 93.2 Å². The van der Waals surface area contributed by atoms with Gasteiger partial charge in [0, 0.05) is 6.54 Å². The first-order chi connectivity index (χ1) is 7.46. The molecular weight excluding hydrogens is 214 g/mol. The number of carboxylic acid groups (broad SMARTS) is 1. The van der Waals surface area contributed by atoms with Crippen LogP contribution in [-0.4, -0.2) is 46.5 Å². The van der Waals surface area contributed by atoms with Crippen molar-refractivity contribution >= 4 is 17.8 Å². The smallest absolute Gasteiger partial charge is 0.408 e. The van der Waals surface area contributed by atoms with Crippen LogP contribution in [0.2, 0.25) is 0 Å². The highest BCUT2D eigenvalue weighted by Gasteiger charge is 2.55. The maximum Gasteiger partial charge on any atom is 0.408 e. The number of carbonyl (C=O) groups is 3. The molecule has 0 radical (unpaired) electrons. The molecule has 0 aromatic carbocycles. The zero-order valence-corrected chi connectivity index (χ0v) is 9.36. The molecule has 1 N–H and O–H groups in total. The van der Waals surface area contributed by atoms with Gasteiger partial charge in [0.2, 0.25) is 5.54 Å². The van der Waals surface area contributed by atoms with E-state index in [0.29, 0.717) is 6.42 Å². The normalized spacial score (nSPS) is 24.2. The molecule has 1 heterocycles. The van der Waals surface area contributed by atoms with Crippen LogP contribution in [0.15, 0.2) is 0 Å². The minimum atomic E-state index is -1.62. The molecule has 1 saturated heterocycles. The summed E-state index contributed by atoms with van der Waals surface area (Å²) in [6, 6.07) is 0. The van der Waals surface area contributed by atoms with Crippen LogP contribution in [0.3, 0.4) is 0 Å². The number of rotatable bonds is 3. The third-order valence-electron chi connectivity index (χ3n) is 2.81. The van der Waals surface area contributed by atoms with Crippen LogP contribution >= 0.6 is 0 Å². The van der Waals surface area contributed by atoms with Crippen molar-refractivity contribution in [3.63, 3.8) is 0 Å². The van der Waals surface area contributed by atoms with Crippen molar-refractivity contribution < 1.29 is 24.2 Å². The molecule has 1 fully saturated rings. The summed E-state index contributed by atoms with van der Waals surface area (Å²) in [6.07, 6.45) is -0.571. The maximum absolute atomic E-state index is 11.8. The van der Waals surface area contributed by atoms with Crippen LogP contribution in [0.4, 0.5) is 4.79 Å². The minimum absolute atomic E-state index is 0.126. The predicted molar refractivity (Wildman–Crippen MR) is 54.0 cm³/mol. The number of hydrogen-bond acceptors (Lipinski definition) is 4. The molecule has 1 aliphatic heterocycles. The number of esters is 1. The van der Waals surface area contributed by atoms with Gasteiger partial charge in [0.05, 0.1) is 6.61 Å². The topological polar surface area (TPSA) is 83.9 Å². The Kier molecular flexibility index (Phi) is 3.51. The van der Waals surface area contributed by atoms with E-state index in [1.54, 1.807) is 6.92 Å². The summed E-state index contributed by atoms with van der Waals surface area (Å²) in [4.78, 5) is 35.2. The molecule has 1 aliphatic rings. The largest absolute Gasteiger partial charge is 0.465 e. The Balaban J connectivity index is 3.09. The number of likely N-dealkylation sites (tertiary alicyclic amines) is 1. The Bertz CT molecular complexity index is 327. The summed E-state index contributed by atoms with van der Waals surface area (Å²) < 4.78 is 4.81. The van der Waals surface area contributed by atoms with E-state index in [1.165, 1.54) is 6.92 Å². The van der Waals surface area contributed by atoms with Gasteiger partial charge in [0.15, 0.2) is 5.78 Å². The van der Waals surface area contributed by atoms with Gasteiger partial charge in [0.1, 0.15) is 0 Å². The van der Waals surface area contributed by atoms with Crippen molar-refractivity contribution in [3.8, 4) is 0 Å². The predicted octanol–water partition coefficient (Wildman–Crippen LogP) is 0.651. The zero-order valence-electron chi connectivity index (χ0n) is 9.36. The van der Waals surface area contributed by atoms with Crippen LogP contribution in [0, 0.1) is 0 Å². The number of carbonyl (C=O) groups excluding carboxylic acids is 2. The fourth-order valence-corrected chi connectivity index (χ4v) is 2.05. The third-order valence-corrected chi connectivity index (χ3v) is 2.81. The molecule has 1 amide bonds. The fourth-order valence-electron chi connectivity index (χ4n) is 2.05. The first kappa shape index (κ1) is 12.5. The maximum atomic E-state index is 11.8. The minimum Gasteiger partial charge on any atom is -0.465 e. The fraction of sp³-hybridized carbons (Fsp3) is 0.700. The van der Waals surface area contributed by atoms with Crippen molar-refractivity contribution in [2.75, 3.05) is 13.2 Å². The van der Waals surface area contributed by atoms with Gasteiger partial charge in [-0.3, -0.25) is 9.69 Å². The summed E-state index contributed by atoms with van der Waals surface area (Å²) in [6.45, 7) is 3.15. The van der Waals surface area contributed by atoms with Gasteiger partial charge >= 0.3 is 12.1 Å². The van der Waals surface area contributed by atoms with Gasteiger partial charge in [0.25, 0.3) is 0 Å². The number of hydrogen-bond donors (Lipinski definition) is 1. The van der Waals surface area contributed by atoms with Crippen LogP contribution in [0.1, 0.15) is 26.7 Å². The van der Waals surface area contributed by atoms with Crippen molar-refractivity contribution in [3.05, 3.63) is 0 Å². The Hall–Kier alpha value is -1.59. The van der Waals surface area contributed by atoms with E-state index in [-0.39, 0.29) is 19.6 Å². The summed E-state index contributed by atoms with van der Waals surface area (Å²) in [7, 11) is 0. The number of Topliss-reactive ketones (excluding diaryl/α,β-unsaturated/α-hetero) is 1. The van der Waals surface area contributed by atoms with E-state index in [9.17, 15) is 14.4 Å². The average Bonchev–Trinajstić information content (AvgIpc) is 2.62. The molecule has 0 aliphatic carbocycles. The summed E-state index contributed by atoms with van der Waals surface area (Å²) in [5, 5.41) is 8.98. The molecule has 0 bridgehead atoms. The first-order valence-electron chi connectivity index (χ1n) is 5.15. The van der Waals surface area contributed by atoms with E-state index in [4.69, 9.17) is 9.84 Å². The molecule has 0 spiro atoms. The molecule has 1 atom stereocenters. The SMILES string of the molecule is CCOC(=O)C1(C(C)=O)CCCN1C(=O)O. The molecule has 6 heteroatoms. The highest BCUT2D eigenvalue weighted by Crippen LogP contribution is 2.31. The van der Waals surface area contributed by atoms with Gasteiger partial charge in [-0.2, -0.15) is 0 Å². The molecule has 0 aromatic heterocycles. The van der Waals surface area contributed by atoms with Crippen LogP contribution in [-0.2, 0) is 14.3 Å². The summed E-state index contributed by atoms with van der Waals surface area (Å²) in [5.41, 5.74) is -1.62. The van der Waals surface area contributed by atoms with Gasteiger partial charge in [-0.25, -0.2) is 9.59 Å². The van der Waals surface area contributed by atoms with Crippen LogP contribution in [0.25, 0.3) is 0 Å². The van der Waals surface area contributed by atoms with E-state index in [2.05, 4.69) is 0 Å². The lowest BCUT2D eigenvalue weighted by Gasteiger charge is -2.31. The van der Waals surface area contributed by atoms with E-state index < -0.39 is 23.4 Å². The lowest BCUT2D eigenvalue weighted by molar-refractivity contribution is -0.159. The Morgan fingerprint density at radius 2 is 2.06 bits per heavy atom. The molecule has 1 rings (SSSR count). The van der Waals surface area contributed by atoms with Crippen molar-refractivity contribution in [1.29, 1.82) is 0 Å². The van der Waals surface area contributed by atoms with Gasteiger partial charge in [-0.05, 0) is 26.7 Å². The Morgan fingerprint density at radius 3 is 2.50 bits per heavy atom. The molecule has 16 heavy (non-hydrogen) atoms. The molecule has 1 unspecified atom stereocenters. The quantitative estimate of drug-likeness (QED) is 0.567.